The van der Waals surface area contributed by atoms with Crippen molar-refractivity contribution in [1.82, 2.24) is 20.5 Å². The molecular formula is C22H33N5S. The van der Waals surface area contributed by atoms with E-state index in [2.05, 4.69) is 70.1 Å². The van der Waals surface area contributed by atoms with Crippen molar-refractivity contribution in [1.29, 1.82) is 0 Å². The molecule has 3 rings (SSSR count). The molecule has 28 heavy (non-hydrogen) atoms. The SMILES string of the molecule is CCNC(=NCC(c1ccccc1)N1CCCC1)NCCCc1nc(C)cs1. The van der Waals surface area contributed by atoms with Crippen LogP contribution in [-0.2, 0) is 6.42 Å². The summed E-state index contributed by atoms with van der Waals surface area (Å²) in [4.78, 5) is 12.0. The van der Waals surface area contributed by atoms with Gasteiger partial charge < -0.3 is 10.6 Å². The minimum absolute atomic E-state index is 0.359. The normalized spacial score (nSPS) is 16.3. The molecule has 2 aromatic rings. The van der Waals surface area contributed by atoms with E-state index in [4.69, 9.17) is 4.99 Å². The van der Waals surface area contributed by atoms with Gasteiger partial charge in [-0.3, -0.25) is 9.89 Å². The van der Waals surface area contributed by atoms with E-state index in [-0.39, 0.29) is 0 Å². The number of nitrogens with one attached hydrogen (secondary N) is 2. The third-order valence-corrected chi connectivity index (χ3v) is 6.09. The molecule has 0 amide bonds. The molecule has 1 unspecified atom stereocenters. The first-order chi connectivity index (χ1) is 13.8. The lowest BCUT2D eigenvalue weighted by molar-refractivity contribution is 0.251. The lowest BCUT2D eigenvalue weighted by Gasteiger charge is -2.27. The number of thiazole rings is 1. The zero-order valence-corrected chi connectivity index (χ0v) is 18.0. The van der Waals surface area contributed by atoms with Crippen LogP contribution in [0.25, 0.3) is 0 Å². The Bertz CT molecular complexity index is 722. The number of rotatable bonds is 9. The van der Waals surface area contributed by atoms with E-state index in [0.29, 0.717) is 6.04 Å². The average Bonchev–Trinajstić information content (AvgIpc) is 3.38. The lowest BCUT2D eigenvalue weighted by atomic mass is 10.1. The number of aromatic nitrogens is 1. The summed E-state index contributed by atoms with van der Waals surface area (Å²) in [6.45, 7) is 9.08. The van der Waals surface area contributed by atoms with E-state index < -0.39 is 0 Å². The minimum Gasteiger partial charge on any atom is -0.357 e. The third-order valence-electron chi connectivity index (χ3n) is 5.06. The molecule has 1 saturated heterocycles. The second kappa shape index (κ2) is 11.2. The molecule has 1 aromatic heterocycles. The van der Waals surface area contributed by atoms with Crippen LogP contribution in [0.5, 0.6) is 0 Å². The Morgan fingerprint density at radius 2 is 2.00 bits per heavy atom. The molecule has 2 N–H and O–H groups in total. The fourth-order valence-electron chi connectivity index (χ4n) is 3.64. The van der Waals surface area contributed by atoms with E-state index in [0.717, 1.165) is 44.1 Å². The quantitative estimate of drug-likeness (QED) is 0.383. The number of nitrogens with zero attached hydrogens (tertiary/aromatic N) is 3. The summed E-state index contributed by atoms with van der Waals surface area (Å²) in [5, 5.41) is 10.2. The van der Waals surface area contributed by atoms with Crippen LogP contribution in [0.2, 0.25) is 0 Å². The highest BCUT2D eigenvalue weighted by atomic mass is 32.1. The molecule has 1 aliphatic rings. The van der Waals surface area contributed by atoms with Gasteiger partial charge in [-0.05, 0) is 51.8 Å². The van der Waals surface area contributed by atoms with Gasteiger partial charge in [0.2, 0.25) is 0 Å². The molecule has 0 spiro atoms. The second-order valence-electron chi connectivity index (χ2n) is 7.30. The molecule has 5 nitrogen and oxygen atoms in total. The van der Waals surface area contributed by atoms with Crippen LogP contribution in [-0.4, -0.2) is 48.6 Å². The van der Waals surface area contributed by atoms with Gasteiger partial charge in [-0.15, -0.1) is 11.3 Å². The van der Waals surface area contributed by atoms with Crippen molar-refractivity contribution in [3.8, 4) is 0 Å². The number of hydrogen-bond acceptors (Lipinski definition) is 4. The molecule has 1 fully saturated rings. The first-order valence-electron chi connectivity index (χ1n) is 10.5. The van der Waals surface area contributed by atoms with Gasteiger partial charge >= 0.3 is 0 Å². The van der Waals surface area contributed by atoms with Crippen molar-refractivity contribution in [2.75, 3.05) is 32.7 Å². The molecule has 2 heterocycles. The Morgan fingerprint density at radius 3 is 2.68 bits per heavy atom. The van der Waals surface area contributed by atoms with E-state index in [9.17, 15) is 0 Å². The van der Waals surface area contributed by atoms with E-state index in [1.807, 2.05) is 0 Å². The van der Waals surface area contributed by atoms with Gasteiger partial charge in [-0.2, -0.15) is 0 Å². The van der Waals surface area contributed by atoms with Crippen LogP contribution in [0.1, 0.15) is 48.5 Å². The molecule has 0 aliphatic carbocycles. The first kappa shape index (κ1) is 20.8. The minimum atomic E-state index is 0.359. The van der Waals surface area contributed by atoms with Gasteiger partial charge in [0.25, 0.3) is 0 Å². The molecular weight excluding hydrogens is 366 g/mol. The maximum Gasteiger partial charge on any atom is 0.191 e. The van der Waals surface area contributed by atoms with Crippen molar-refractivity contribution in [3.05, 3.63) is 52.0 Å². The Hall–Kier alpha value is -1.92. The monoisotopic (exact) mass is 399 g/mol. The van der Waals surface area contributed by atoms with Crippen molar-refractivity contribution in [3.63, 3.8) is 0 Å². The summed E-state index contributed by atoms with van der Waals surface area (Å²) >= 11 is 1.75. The molecule has 1 aliphatic heterocycles. The Morgan fingerprint density at radius 1 is 1.21 bits per heavy atom. The molecule has 1 atom stereocenters. The summed E-state index contributed by atoms with van der Waals surface area (Å²) in [6, 6.07) is 11.2. The third kappa shape index (κ3) is 6.31. The zero-order valence-electron chi connectivity index (χ0n) is 17.2. The van der Waals surface area contributed by atoms with Gasteiger partial charge in [0.15, 0.2) is 5.96 Å². The number of aliphatic imine (C=N–C) groups is 1. The van der Waals surface area contributed by atoms with Crippen LogP contribution in [0.15, 0.2) is 40.7 Å². The zero-order chi connectivity index (χ0) is 19.6. The maximum atomic E-state index is 4.92. The topological polar surface area (TPSA) is 52.6 Å². The smallest absolute Gasteiger partial charge is 0.191 e. The van der Waals surface area contributed by atoms with Crippen molar-refractivity contribution in [2.45, 2.75) is 45.6 Å². The van der Waals surface area contributed by atoms with Crippen LogP contribution < -0.4 is 10.6 Å². The molecule has 0 bridgehead atoms. The maximum absolute atomic E-state index is 4.92. The van der Waals surface area contributed by atoms with Crippen LogP contribution >= 0.6 is 11.3 Å². The number of guanidine groups is 1. The first-order valence-corrected chi connectivity index (χ1v) is 11.4. The van der Waals surface area contributed by atoms with Crippen LogP contribution in [0, 0.1) is 6.92 Å². The van der Waals surface area contributed by atoms with Crippen LogP contribution in [0.4, 0.5) is 0 Å². The lowest BCUT2D eigenvalue weighted by Crippen LogP contribution is -2.39. The van der Waals surface area contributed by atoms with Crippen LogP contribution in [0.3, 0.4) is 0 Å². The summed E-state index contributed by atoms with van der Waals surface area (Å²) in [7, 11) is 0. The van der Waals surface area contributed by atoms with Gasteiger partial charge in [0, 0.05) is 30.6 Å². The van der Waals surface area contributed by atoms with E-state index >= 15 is 0 Å². The summed E-state index contributed by atoms with van der Waals surface area (Å²) < 4.78 is 0. The summed E-state index contributed by atoms with van der Waals surface area (Å²) in [5.74, 6) is 0.915. The Kier molecular flexibility index (Phi) is 8.30. The molecule has 0 radical (unpaired) electrons. The molecule has 152 valence electrons. The van der Waals surface area contributed by atoms with Gasteiger partial charge in [-0.25, -0.2) is 4.98 Å². The number of hydrogen-bond donors (Lipinski definition) is 2. The fourth-order valence-corrected chi connectivity index (χ4v) is 4.46. The van der Waals surface area contributed by atoms with Gasteiger partial charge in [0.05, 0.1) is 17.6 Å². The Labute approximate surface area is 173 Å². The molecule has 0 saturated carbocycles. The number of aryl methyl sites for hydroxylation is 2. The van der Waals surface area contributed by atoms with Crippen molar-refractivity contribution < 1.29 is 0 Å². The standard InChI is InChI=1S/C22H33N5S/c1-3-23-22(24-13-9-12-21-26-18(2)17-28-21)25-16-20(27-14-7-8-15-27)19-10-5-4-6-11-19/h4-6,10-11,17,20H,3,7-9,12-16H2,1-2H3,(H2,23,24,25). The average molecular weight is 400 g/mol. The molecule has 6 heteroatoms. The highest BCUT2D eigenvalue weighted by Crippen LogP contribution is 2.25. The summed E-state index contributed by atoms with van der Waals surface area (Å²) in [6.07, 6.45) is 4.67. The highest BCUT2D eigenvalue weighted by molar-refractivity contribution is 7.09. The largest absolute Gasteiger partial charge is 0.357 e. The van der Waals surface area contributed by atoms with Crippen molar-refractivity contribution >= 4 is 17.3 Å². The van der Waals surface area contributed by atoms with Gasteiger partial charge in [-0.1, -0.05) is 30.3 Å². The summed E-state index contributed by atoms with van der Waals surface area (Å²) in [5.41, 5.74) is 2.49. The fraction of sp³-hybridized carbons (Fsp3) is 0.545. The van der Waals surface area contributed by atoms with Gasteiger partial charge in [0.1, 0.15) is 0 Å². The van der Waals surface area contributed by atoms with E-state index in [1.54, 1.807) is 11.3 Å². The highest BCUT2D eigenvalue weighted by Gasteiger charge is 2.23. The number of benzene rings is 1. The van der Waals surface area contributed by atoms with Crippen molar-refractivity contribution in [2.24, 2.45) is 4.99 Å². The van der Waals surface area contributed by atoms with E-state index in [1.165, 1.54) is 36.5 Å². The Balaban J connectivity index is 1.56. The second-order valence-corrected chi connectivity index (χ2v) is 8.24. The number of likely N-dealkylation sites (tertiary alicyclic amines) is 1. The predicted molar refractivity (Wildman–Crippen MR) is 119 cm³/mol. The molecule has 1 aromatic carbocycles. The predicted octanol–water partition coefficient (Wildman–Crippen LogP) is 3.78.